The second kappa shape index (κ2) is 6.74. The van der Waals surface area contributed by atoms with E-state index in [0.29, 0.717) is 17.3 Å². The maximum Gasteiger partial charge on any atom is 0.265 e. The molecule has 0 unspecified atom stereocenters. The van der Waals surface area contributed by atoms with Crippen LogP contribution in [0, 0.1) is 13.8 Å². The van der Waals surface area contributed by atoms with Crippen molar-refractivity contribution in [3.63, 3.8) is 0 Å². The lowest BCUT2D eigenvalue weighted by atomic mass is 10.1. The zero-order chi connectivity index (χ0) is 18.3. The van der Waals surface area contributed by atoms with Gasteiger partial charge in [-0.3, -0.25) is 4.79 Å². The summed E-state index contributed by atoms with van der Waals surface area (Å²) in [5.41, 5.74) is 3.74. The third-order valence-corrected chi connectivity index (χ3v) is 5.47. The molecular weight excluding hydrogens is 368 g/mol. The summed E-state index contributed by atoms with van der Waals surface area (Å²) in [6.07, 6.45) is 0. The molecule has 2 heterocycles. The summed E-state index contributed by atoms with van der Waals surface area (Å²) in [7, 11) is 0. The third-order valence-electron chi connectivity index (χ3n) is 4.33. The molecule has 0 saturated carbocycles. The van der Waals surface area contributed by atoms with Crippen LogP contribution < -0.4 is 9.64 Å². The Hall–Kier alpha value is -2.37. The molecule has 4 nitrogen and oxygen atoms in total. The highest BCUT2D eigenvalue weighted by Crippen LogP contribution is 2.38. The molecule has 1 aromatic heterocycles. The monoisotopic (exact) mass is 384 g/mol. The first-order chi connectivity index (χ1) is 12.5. The lowest BCUT2D eigenvalue weighted by Gasteiger charge is -2.30. The Morgan fingerprint density at radius 1 is 1.19 bits per heavy atom. The standard InChI is InChI=1S/C20H17ClN2O2S/c1-12-20(22-13(2)26-12)15-5-8-18-17(9-15)23(19(24)11-25-18)10-14-3-6-16(21)7-4-14/h3-9H,10-11H2,1-2H3. The van der Waals surface area contributed by atoms with E-state index >= 15 is 0 Å². The maximum absolute atomic E-state index is 12.5. The normalized spacial score (nSPS) is 13.5. The van der Waals surface area contributed by atoms with E-state index in [-0.39, 0.29) is 12.5 Å². The summed E-state index contributed by atoms with van der Waals surface area (Å²) in [6, 6.07) is 13.4. The van der Waals surface area contributed by atoms with Crippen molar-refractivity contribution in [2.45, 2.75) is 20.4 Å². The van der Waals surface area contributed by atoms with Gasteiger partial charge < -0.3 is 9.64 Å². The number of aromatic nitrogens is 1. The number of thiazole rings is 1. The van der Waals surface area contributed by atoms with Crippen molar-refractivity contribution in [1.29, 1.82) is 0 Å². The van der Waals surface area contributed by atoms with E-state index in [0.717, 1.165) is 32.4 Å². The highest BCUT2D eigenvalue weighted by Gasteiger charge is 2.26. The van der Waals surface area contributed by atoms with E-state index in [2.05, 4.69) is 11.9 Å². The quantitative estimate of drug-likeness (QED) is 0.637. The van der Waals surface area contributed by atoms with Crippen LogP contribution in [-0.2, 0) is 11.3 Å². The minimum Gasteiger partial charge on any atom is -0.482 e. The van der Waals surface area contributed by atoms with Gasteiger partial charge in [0.25, 0.3) is 5.91 Å². The summed E-state index contributed by atoms with van der Waals surface area (Å²) in [5, 5.41) is 1.71. The molecule has 1 amide bonds. The number of anilines is 1. The molecule has 0 radical (unpaired) electrons. The van der Waals surface area contributed by atoms with Crippen LogP contribution in [0.15, 0.2) is 42.5 Å². The molecule has 0 fully saturated rings. The van der Waals surface area contributed by atoms with Crippen molar-refractivity contribution >= 4 is 34.5 Å². The number of carbonyl (C=O) groups is 1. The summed E-state index contributed by atoms with van der Waals surface area (Å²) < 4.78 is 5.62. The van der Waals surface area contributed by atoms with Crippen LogP contribution in [0.3, 0.4) is 0 Å². The first-order valence-electron chi connectivity index (χ1n) is 8.27. The van der Waals surface area contributed by atoms with E-state index in [9.17, 15) is 4.79 Å². The Morgan fingerprint density at radius 3 is 2.65 bits per heavy atom. The molecular formula is C20H17ClN2O2S. The second-order valence-electron chi connectivity index (χ2n) is 6.22. The topological polar surface area (TPSA) is 42.4 Å². The minimum atomic E-state index is -0.0595. The first kappa shape index (κ1) is 17.1. The number of fused-ring (bicyclic) bond motifs is 1. The molecule has 0 saturated heterocycles. The largest absolute Gasteiger partial charge is 0.482 e. The molecule has 1 aliphatic rings. The van der Waals surface area contributed by atoms with Gasteiger partial charge in [0, 0.05) is 15.5 Å². The van der Waals surface area contributed by atoms with Crippen molar-refractivity contribution in [2.75, 3.05) is 11.5 Å². The number of amides is 1. The zero-order valence-electron chi connectivity index (χ0n) is 14.5. The molecule has 0 atom stereocenters. The van der Waals surface area contributed by atoms with Gasteiger partial charge >= 0.3 is 0 Å². The van der Waals surface area contributed by atoms with Crippen LogP contribution in [0.5, 0.6) is 5.75 Å². The van der Waals surface area contributed by atoms with Gasteiger partial charge in [-0.15, -0.1) is 11.3 Å². The van der Waals surface area contributed by atoms with Gasteiger partial charge in [0.1, 0.15) is 5.75 Å². The molecule has 0 N–H and O–H groups in total. The summed E-state index contributed by atoms with van der Waals surface area (Å²) in [4.78, 5) is 20.1. The molecule has 4 rings (SSSR count). The molecule has 6 heteroatoms. The Morgan fingerprint density at radius 2 is 1.96 bits per heavy atom. The average Bonchev–Trinajstić information content (AvgIpc) is 2.97. The fourth-order valence-electron chi connectivity index (χ4n) is 3.09. The smallest absolute Gasteiger partial charge is 0.265 e. The molecule has 26 heavy (non-hydrogen) atoms. The number of rotatable bonds is 3. The fourth-order valence-corrected chi connectivity index (χ4v) is 4.06. The lowest BCUT2D eigenvalue weighted by molar-refractivity contribution is -0.121. The Labute approximate surface area is 161 Å². The average molecular weight is 385 g/mol. The molecule has 0 aliphatic carbocycles. The number of carbonyl (C=O) groups excluding carboxylic acids is 1. The van der Waals surface area contributed by atoms with Crippen LogP contribution in [0.25, 0.3) is 11.3 Å². The Balaban J connectivity index is 1.73. The molecule has 0 bridgehead atoms. The van der Waals surface area contributed by atoms with Gasteiger partial charge in [0.15, 0.2) is 6.61 Å². The van der Waals surface area contributed by atoms with E-state index in [1.807, 2.05) is 49.4 Å². The van der Waals surface area contributed by atoms with E-state index in [1.54, 1.807) is 16.2 Å². The summed E-state index contributed by atoms with van der Waals surface area (Å²) in [6.45, 7) is 4.59. The van der Waals surface area contributed by atoms with Crippen molar-refractivity contribution < 1.29 is 9.53 Å². The number of benzene rings is 2. The number of ether oxygens (including phenoxy) is 1. The van der Waals surface area contributed by atoms with Gasteiger partial charge in [-0.2, -0.15) is 0 Å². The van der Waals surface area contributed by atoms with Gasteiger partial charge in [-0.1, -0.05) is 23.7 Å². The van der Waals surface area contributed by atoms with E-state index in [1.165, 1.54) is 0 Å². The SMILES string of the molecule is Cc1nc(-c2ccc3c(c2)N(Cc2ccc(Cl)cc2)C(=O)CO3)c(C)s1. The van der Waals surface area contributed by atoms with Crippen LogP contribution in [-0.4, -0.2) is 17.5 Å². The Bertz CT molecular complexity index is 982. The van der Waals surface area contributed by atoms with Gasteiger partial charge in [0.05, 0.1) is 22.9 Å². The summed E-state index contributed by atoms with van der Waals surface area (Å²) >= 11 is 7.63. The number of hydrogen-bond acceptors (Lipinski definition) is 4. The Kier molecular flexibility index (Phi) is 4.42. The van der Waals surface area contributed by atoms with Gasteiger partial charge in [-0.25, -0.2) is 4.98 Å². The van der Waals surface area contributed by atoms with Crippen molar-refractivity contribution in [3.8, 4) is 17.0 Å². The predicted octanol–water partition coefficient (Wildman–Crippen LogP) is 5.01. The number of halogens is 1. The predicted molar refractivity (Wildman–Crippen MR) is 105 cm³/mol. The molecule has 132 valence electrons. The van der Waals surface area contributed by atoms with Crippen LogP contribution in [0.1, 0.15) is 15.4 Å². The highest BCUT2D eigenvalue weighted by atomic mass is 35.5. The highest BCUT2D eigenvalue weighted by molar-refractivity contribution is 7.11. The van der Waals surface area contributed by atoms with Crippen molar-refractivity contribution in [1.82, 2.24) is 4.98 Å². The van der Waals surface area contributed by atoms with E-state index in [4.69, 9.17) is 16.3 Å². The van der Waals surface area contributed by atoms with Crippen LogP contribution >= 0.6 is 22.9 Å². The van der Waals surface area contributed by atoms with Gasteiger partial charge in [0.2, 0.25) is 0 Å². The minimum absolute atomic E-state index is 0.0504. The molecule has 0 spiro atoms. The molecule has 3 aromatic rings. The number of aryl methyl sites for hydroxylation is 2. The van der Waals surface area contributed by atoms with Crippen molar-refractivity contribution in [3.05, 3.63) is 62.9 Å². The number of nitrogens with zero attached hydrogens (tertiary/aromatic N) is 2. The van der Waals surface area contributed by atoms with Crippen LogP contribution in [0.4, 0.5) is 5.69 Å². The van der Waals surface area contributed by atoms with Gasteiger partial charge in [-0.05, 0) is 49.7 Å². The summed E-state index contributed by atoms with van der Waals surface area (Å²) in [5.74, 6) is 0.655. The third kappa shape index (κ3) is 3.20. The molecule has 1 aliphatic heterocycles. The lowest BCUT2D eigenvalue weighted by Crippen LogP contribution is -2.38. The first-order valence-corrected chi connectivity index (χ1v) is 9.47. The second-order valence-corrected chi connectivity index (χ2v) is 8.06. The maximum atomic E-state index is 12.5. The van der Waals surface area contributed by atoms with E-state index < -0.39 is 0 Å². The zero-order valence-corrected chi connectivity index (χ0v) is 16.0. The van der Waals surface area contributed by atoms with Crippen molar-refractivity contribution in [2.24, 2.45) is 0 Å². The van der Waals surface area contributed by atoms with Crippen LogP contribution in [0.2, 0.25) is 5.02 Å². The molecule has 2 aromatic carbocycles. The fraction of sp³-hybridized carbons (Fsp3) is 0.200. The number of hydrogen-bond donors (Lipinski definition) is 0.